The zero-order valence-electron chi connectivity index (χ0n) is 49.8. The lowest BCUT2D eigenvalue weighted by atomic mass is 9.98. The molecular formula is C67H112O12. The van der Waals surface area contributed by atoms with Crippen LogP contribution in [0, 0.1) is 0 Å². The van der Waals surface area contributed by atoms with Gasteiger partial charge in [-0.15, -0.1) is 0 Å². The molecule has 1 aliphatic rings. The first-order valence-electron chi connectivity index (χ1n) is 31.6. The first-order valence-corrected chi connectivity index (χ1v) is 31.6. The van der Waals surface area contributed by atoms with E-state index in [1.165, 1.54) is 83.5 Å². The van der Waals surface area contributed by atoms with Crippen molar-refractivity contribution in [3.8, 4) is 0 Å². The van der Waals surface area contributed by atoms with Gasteiger partial charge in [-0.1, -0.05) is 221 Å². The number of rotatable bonds is 53. The van der Waals surface area contributed by atoms with Crippen LogP contribution in [0.5, 0.6) is 0 Å². The number of carboxylic acids is 1. The summed E-state index contributed by atoms with van der Waals surface area (Å²) in [5.41, 5.74) is 0. The summed E-state index contributed by atoms with van der Waals surface area (Å²) < 4.78 is 28.5. The fraction of sp³-hybridized carbons (Fsp3) is 0.731. The first-order chi connectivity index (χ1) is 38.6. The highest BCUT2D eigenvalue weighted by Crippen LogP contribution is 2.26. The number of allylic oxidation sites excluding steroid dienone is 14. The van der Waals surface area contributed by atoms with Crippen molar-refractivity contribution >= 4 is 23.9 Å². The minimum atomic E-state index is -1.91. The van der Waals surface area contributed by atoms with Gasteiger partial charge in [0.15, 0.2) is 24.6 Å². The third-order valence-electron chi connectivity index (χ3n) is 13.9. The number of ether oxygens (including phenoxy) is 5. The second-order valence-corrected chi connectivity index (χ2v) is 21.3. The average molecular weight is 1110 g/mol. The minimum absolute atomic E-state index is 0.0384. The SMILES string of the molecule is CC/C=C\C/C=C\C/C=C\C/C=C\CCCCCCC(=O)OC(COC(=O)CCCCCCCCCCC/C=C\CCCCCCCC)COC1OC(C(=O)O)C(O)C(O)C1OC(=O)CCCCCCC/C=C\C/C=C\CCC. The molecule has 6 unspecified atom stereocenters. The van der Waals surface area contributed by atoms with Gasteiger partial charge in [-0.2, -0.15) is 0 Å². The number of carboxylic acid groups (broad SMARTS) is 1. The molecule has 1 fully saturated rings. The molecule has 1 rings (SSSR count). The monoisotopic (exact) mass is 1110 g/mol. The van der Waals surface area contributed by atoms with E-state index in [2.05, 4.69) is 106 Å². The molecule has 1 aliphatic heterocycles. The summed E-state index contributed by atoms with van der Waals surface area (Å²) in [6.45, 7) is 5.80. The van der Waals surface area contributed by atoms with E-state index in [0.717, 1.165) is 122 Å². The van der Waals surface area contributed by atoms with Crippen LogP contribution in [0.4, 0.5) is 0 Å². The Labute approximate surface area is 480 Å². The van der Waals surface area contributed by atoms with Gasteiger partial charge in [0.1, 0.15) is 18.8 Å². The molecule has 0 aromatic heterocycles. The van der Waals surface area contributed by atoms with Crippen molar-refractivity contribution in [2.45, 2.75) is 302 Å². The van der Waals surface area contributed by atoms with Gasteiger partial charge in [0.2, 0.25) is 0 Å². The van der Waals surface area contributed by atoms with Gasteiger partial charge >= 0.3 is 23.9 Å². The second kappa shape index (κ2) is 54.5. The van der Waals surface area contributed by atoms with Crippen LogP contribution in [0.1, 0.15) is 265 Å². The quantitative estimate of drug-likeness (QED) is 0.0228. The lowest BCUT2D eigenvalue weighted by Gasteiger charge is -2.40. The van der Waals surface area contributed by atoms with Gasteiger partial charge < -0.3 is 39.0 Å². The van der Waals surface area contributed by atoms with Crippen LogP contribution in [0.2, 0.25) is 0 Å². The average Bonchev–Trinajstić information content (AvgIpc) is 3.46. The molecule has 6 atom stereocenters. The Hall–Kier alpha value is -4.10. The van der Waals surface area contributed by atoms with Gasteiger partial charge in [0.25, 0.3) is 0 Å². The van der Waals surface area contributed by atoms with Crippen LogP contribution >= 0.6 is 0 Å². The van der Waals surface area contributed by atoms with E-state index in [0.29, 0.717) is 19.3 Å². The zero-order chi connectivity index (χ0) is 57.5. The maximum absolute atomic E-state index is 13.2. The van der Waals surface area contributed by atoms with E-state index in [1.807, 2.05) is 0 Å². The van der Waals surface area contributed by atoms with Crippen LogP contribution in [0.25, 0.3) is 0 Å². The third kappa shape index (κ3) is 44.3. The molecule has 12 nitrogen and oxygen atoms in total. The van der Waals surface area contributed by atoms with Crippen LogP contribution in [0.3, 0.4) is 0 Å². The Morgan fingerprint density at radius 1 is 0.430 bits per heavy atom. The molecule has 0 aliphatic carbocycles. The molecular weight excluding hydrogens is 997 g/mol. The number of carbonyl (C=O) groups is 4. The number of aliphatic hydroxyl groups excluding tert-OH is 2. The summed E-state index contributed by atoms with van der Waals surface area (Å²) in [4.78, 5) is 51.2. The Morgan fingerprint density at radius 2 is 0.823 bits per heavy atom. The van der Waals surface area contributed by atoms with Crippen LogP contribution < -0.4 is 0 Å². The normalized spacial score (nSPS) is 18.4. The third-order valence-corrected chi connectivity index (χ3v) is 13.9. The Balaban J connectivity index is 2.68. The number of aliphatic carboxylic acids is 1. The molecule has 0 bridgehead atoms. The van der Waals surface area contributed by atoms with E-state index in [-0.39, 0.29) is 25.9 Å². The number of carbonyl (C=O) groups excluding carboxylic acids is 3. The second-order valence-electron chi connectivity index (χ2n) is 21.3. The fourth-order valence-corrected chi connectivity index (χ4v) is 9.10. The smallest absolute Gasteiger partial charge is 0.335 e. The van der Waals surface area contributed by atoms with Gasteiger partial charge in [-0.25, -0.2) is 4.79 Å². The maximum Gasteiger partial charge on any atom is 0.335 e. The van der Waals surface area contributed by atoms with Crippen molar-refractivity contribution in [3.63, 3.8) is 0 Å². The molecule has 0 amide bonds. The predicted molar refractivity (Wildman–Crippen MR) is 321 cm³/mol. The maximum atomic E-state index is 13.2. The largest absolute Gasteiger partial charge is 0.479 e. The van der Waals surface area contributed by atoms with Crippen molar-refractivity contribution in [3.05, 3.63) is 85.1 Å². The molecule has 452 valence electrons. The minimum Gasteiger partial charge on any atom is -0.479 e. The van der Waals surface area contributed by atoms with Gasteiger partial charge in [0.05, 0.1) is 6.61 Å². The summed E-state index contributed by atoms with van der Waals surface area (Å²) in [7, 11) is 0. The highest BCUT2D eigenvalue weighted by molar-refractivity contribution is 5.74. The van der Waals surface area contributed by atoms with E-state index >= 15 is 0 Å². The van der Waals surface area contributed by atoms with Crippen molar-refractivity contribution in [2.75, 3.05) is 13.2 Å². The van der Waals surface area contributed by atoms with E-state index in [9.17, 15) is 34.5 Å². The molecule has 3 N–H and O–H groups in total. The number of hydrogen-bond acceptors (Lipinski definition) is 11. The summed E-state index contributed by atoms with van der Waals surface area (Å²) >= 11 is 0. The standard InChI is InChI=1S/C67H112O12/c1-4-7-10-13-16-19-22-25-27-29-30-32-33-36-38-41-44-47-50-53-59(68)75-56-58(77-60(69)54-51-48-45-42-40-37-34-31-28-26-23-20-17-14-11-8-5-2)57-76-67-65(63(72)62(71)64(79-67)66(73)74)78-61(70)55-52-49-46-43-39-35-24-21-18-15-12-9-6-3/h8,11-12,15,17,20-21,24-28,34,37,58,62-65,67,71-72H,4-7,9-10,13-14,16,18-19,22-23,29-33,35-36,38-57H2,1-3H3,(H,73,74)/b11-8-,15-12-,20-17-,24-21-,27-25-,28-26-,37-34-. The van der Waals surface area contributed by atoms with Crippen LogP contribution in [-0.4, -0.2) is 89.2 Å². The summed E-state index contributed by atoms with van der Waals surface area (Å²) in [6.07, 6.45) is 58.3. The van der Waals surface area contributed by atoms with Crippen LogP contribution in [0.15, 0.2) is 85.1 Å². The van der Waals surface area contributed by atoms with Crippen molar-refractivity contribution in [2.24, 2.45) is 0 Å². The highest BCUT2D eigenvalue weighted by Gasteiger charge is 2.50. The highest BCUT2D eigenvalue weighted by atomic mass is 16.7. The van der Waals surface area contributed by atoms with Crippen molar-refractivity contribution < 1.29 is 58.2 Å². The van der Waals surface area contributed by atoms with Crippen molar-refractivity contribution in [1.29, 1.82) is 0 Å². The van der Waals surface area contributed by atoms with E-state index < -0.39 is 67.3 Å². The van der Waals surface area contributed by atoms with E-state index in [4.69, 9.17) is 23.7 Å². The summed E-state index contributed by atoms with van der Waals surface area (Å²) in [6, 6.07) is 0. The lowest BCUT2D eigenvalue weighted by molar-refractivity contribution is -0.301. The number of esters is 3. The molecule has 12 heteroatoms. The number of unbranched alkanes of at least 4 members (excludes halogenated alkanes) is 25. The topological polar surface area (TPSA) is 175 Å². The fourth-order valence-electron chi connectivity index (χ4n) is 9.10. The Morgan fingerprint density at radius 3 is 1.28 bits per heavy atom. The van der Waals surface area contributed by atoms with Crippen molar-refractivity contribution in [1.82, 2.24) is 0 Å². The molecule has 0 aromatic carbocycles. The molecule has 0 spiro atoms. The molecule has 0 radical (unpaired) electrons. The zero-order valence-corrected chi connectivity index (χ0v) is 49.8. The summed E-state index contributed by atoms with van der Waals surface area (Å²) in [5.74, 6) is -3.17. The lowest BCUT2D eigenvalue weighted by Crippen LogP contribution is -2.61. The van der Waals surface area contributed by atoms with Gasteiger partial charge in [-0.05, 0) is 109 Å². The van der Waals surface area contributed by atoms with Gasteiger partial charge in [-0.3, -0.25) is 14.4 Å². The Kier molecular flexibility index (Phi) is 50.3. The van der Waals surface area contributed by atoms with Crippen LogP contribution in [-0.2, 0) is 42.9 Å². The molecule has 1 heterocycles. The predicted octanol–water partition coefficient (Wildman–Crippen LogP) is 16.7. The number of hydrogen-bond donors (Lipinski definition) is 3. The molecule has 79 heavy (non-hydrogen) atoms. The first kappa shape index (κ1) is 72.9. The molecule has 1 saturated heterocycles. The van der Waals surface area contributed by atoms with Gasteiger partial charge in [0, 0.05) is 19.3 Å². The Bertz CT molecular complexity index is 1700. The number of aliphatic hydroxyl groups is 2. The molecule has 0 saturated carbocycles. The van der Waals surface area contributed by atoms with E-state index in [1.54, 1.807) is 0 Å². The summed E-state index contributed by atoms with van der Waals surface area (Å²) in [5, 5.41) is 31.5. The molecule has 0 aromatic rings.